The van der Waals surface area contributed by atoms with E-state index in [0.717, 1.165) is 45.2 Å². The van der Waals surface area contributed by atoms with Crippen LogP contribution in [-0.4, -0.2) is 9.55 Å². The Balaban J connectivity index is 1.26. The quantitative estimate of drug-likeness (QED) is 0.236. The summed E-state index contributed by atoms with van der Waals surface area (Å²) >= 11 is 0. The molecule has 0 spiro atoms. The Bertz CT molecular complexity index is 2420. The summed E-state index contributed by atoms with van der Waals surface area (Å²) in [5, 5.41) is 7.02. The predicted molar refractivity (Wildman–Crippen MR) is 162 cm³/mol. The molecule has 0 saturated heterocycles. The average Bonchev–Trinajstić information content (AvgIpc) is 3.66. The van der Waals surface area contributed by atoms with Gasteiger partial charge in [-0.3, -0.25) is 4.98 Å². The lowest BCUT2D eigenvalue weighted by molar-refractivity contribution is 0.666. The van der Waals surface area contributed by atoms with Gasteiger partial charge in [0.2, 0.25) is 0 Å². The topological polar surface area (TPSA) is 44.1 Å². The van der Waals surface area contributed by atoms with Crippen LogP contribution in [0.1, 0.15) is 11.1 Å². The van der Waals surface area contributed by atoms with Gasteiger partial charge in [0, 0.05) is 44.2 Å². The van der Waals surface area contributed by atoms with E-state index in [1.54, 1.807) is 6.20 Å². The van der Waals surface area contributed by atoms with Crippen molar-refractivity contribution in [2.24, 2.45) is 0 Å². The molecule has 9 aromatic rings. The highest BCUT2D eigenvalue weighted by Gasteiger charge is 2.16. The van der Waals surface area contributed by atoms with E-state index in [2.05, 4.69) is 101 Å². The van der Waals surface area contributed by atoms with Crippen molar-refractivity contribution in [1.82, 2.24) is 9.55 Å². The molecule has 0 amide bonds. The molecule has 0 aliphatic heterocycles. The number of fused-ring (bicyclic) bond motifs is 9. The van der Waals surface area contributed by atoms with E-state index in [-0.39, 0.29) is 0 Å². The van der Waals surface area contributed by atoms with Crippen molar-refractivity contribution in [2.45, 2.75) is 6.42 Å². The summed E-state index contributed by atoms with van der Waals surface area (Å²) < 4.78 is 14.6. The number of aromatic nitrogens is 2. The monoisotopic (exact) mass is 514 g/mol. The fraction of sp³-hybridized carbons (Fsp3) is 0.0278. The molecule has 0 aliphatic carbocycles. The number of hydrogen-bond donors (Lipinski definition) is 0. The molecule has 4 heteroatoms. The molecule has 0 atom stereocenters. The van der Waals surface area contributed by atoms with E-state index in [4.69, 9.17) is 8.83 Å². The van der Waals surface area contributed by atoms with Crippen molar-refractivity contribution in [1.29, 1.82) is 0 Å². The first-order valence-corrected chi connectivity index (χ1v) is 13.5. The first-order chi connectivity index (χ1) is 19.8. The molecular formula is C36H22N2O2. The van der Waals surface area contributed by atoms with Gasteiger partial charge in [-0.2, -0.15) is 0 Å². The number of rotatable bonds is 3. The van der Waals surface area contributed by atoms with Gasteiger partial charge in [-0.1, -0.05) is 60.7 Å². The molecule has 0 radical (unpaired) electrons. The highest BCUT2D eigenvalue weighted by molar-refractivity contribution is 6.11. The molecule has 9 rings (SSSR count). The van der Waals surface area contributed by atoms with Gasteiger partial charge in [-0.25, -0.2) is 0 Å². The van der Waals surface area contributed by atoms with Crippen LogP contribution in [0, 0.1) is 0 Å². The van der Waals surface area contributed by atoms with Crippen molar-refractivity contribution < 1.29 is 8.83 Å². The van der Waals surface area contributed by atoms with Crippen molar-refractivity contribution in [3.63, 3.8) is 0 Å². The van der Waals surface area contributed by atoms with Crippen LogP contribution in [-0.2, 0) is 6.42 Å². The molecule has 188 valence electrons. The zero-order valence-corrected chi connectivity index (χ0v) is 21.5. The van der Waals surface area contributed by atoms with Gasteiger partial charge >= 0.3 is 0 Å². The predicted octanol–water partition coefficient (Wildman–Crippen LogP) is 9.57. The minimum Gasteiger partial charge on any atom is -0.456 e. The maximum Gasteiger partial charge on any atom is 0.153 e. The molecule has 4 heterocycles. The highest BCUT2D eigenvalue weighted by Crippen LogP contribution is 2.37. The summed E-state index contributed by atoms with van der Waals surface area (Å²) in [6.45, 7) is 0. The third-order valence-corrected chi connectivity index (χ3v) is 8.14. The number of para-hydroxylation sites is 2. The SMILES string of the molecule is c1ccc2c(c1)oc1cccc(Cc3ccc4c5ccccc5n(-c5ccc6oc7cnccc7c6c5)c4c3)c12. The molecular weight excluding hydrogens is 492 g/mol. The minimum atomic E-state index is 0.806. The lowest BCUT2D eigenvalue weighted by Crippen LogP contribution is -1.95. The van der Waals surface area contributed by atoms with Crippen LogP contribution in [0.3, 0.4) is 0 Å². The second-order valence-electron chi connectivity index (χ2n) is 10.4. The van der Waals surface area contributed by atoms with E-state index in [1.807, 2.05) is 24.4 Å². The summed E-state index contributed by atoms with van der Waals surface area (Å²) in [5.41, 5.74) is 9.55. The minimum absolute atomic E-state index is 0.806. The molecule has 0 fully saturated rings. The zero-order valence-electron chi connectivity index (χ0n) is 21.5. The Kier molecular flexibility index (Phi) is 4.35. The number of hydrogen-bond acceptors (Lipinski definition) is 3. The smallest absolute Gasteiger partial charge is 0.153 e. The molecule has 0 unspecified atom stereocenters. The van der Waals surface area contributed by atoms with Crippen LogP contribution < -0.4 is 0 Å². The summed E-state index contributed by atoms with van der Waals surface area (Å²) in [7, 11) is 0. The maximum atomic E-state index is 6.16. The van der Waals surface area contributed by atoms with Gasteiger partial charge in [0.05, 0.1) is 17.2 Å². The first-order valence-electron chi connectivity index (χ1n) is 13.5. The number of pyridine rings is 1. The number of benzene rings is 5. The standard InChI is InChI=1S/C36H22N2O2/c1-3-9-30-25(7-1)26-14-12-22(18-23-6-5-11-34-36(23)28-8-2-4-10-32(28)39-34)19-31(26)38(30)24-13-15-33-29(20-24)27-16-17-37-21-35(27)40-33/h1-17,19-21H,18H2. The van der Waals surface area contributed by atoms with Crippen LogP contribution >= 0.6 is 0 Å². The van der Waals surface area contributed by atoms with Crippen LogP contribution in [0.4, 0.5) is 0 Å². The van der Waals surface area contributed by atoms with Crippen LogP contribution in [0.5, 0.6) is 0 Å². The van der Waals surface area contributed by atoms with Gasteiger partial charge in [0.1, 0.15) is 16.7 Å². The van der Waals surface area contributed by atoms with Crippen molar-refractivity contribution in [3.05, 3.63) is 133 Å². The van der Waals surface area contributed by atoms with Crippen molar-refractivity contribution in [3.8, 4) is 5.69 Å². The van der Waals surface area contributed by atoms with Crippen LogP contribution in [0.2, 0.25) is 0 Å². The highest BCUT2D eigenvalue weighted by atomic mass is 16.3. The van der Waals surface area contributed by atoms with E-state index < -0.39 is 0 Å². The molecule has 4 aromatic heterocycles. The third kappa shape index (κ3) is 3.04. The Labute approximate surface area is 228 Å². The van der Waals surface area contributed by atoms with Gasteiger partial charge in [0.15, 0.2) is 5.58 Å². The van der Waals surface area contributed by atoms with Gasteiger partial charge < -0.3 is 13.4 Å². The summed E-state index contributed by atoms with van der Waals surface area (Å²) in [6, 6.07) is 38.7. The lowest BCUT2D eigenvalue weighted by atomic mass is 9.98. The van der Waals surface area contributed by atoms with Gasteiger partial charge in [0.25, 0.3) is 0 Å². The number of furan rings is 2. The summed E-state index contributed by atoms with van der Waals surface area (Å²) in [5.74, 6) is 0. The van der Waals surface area contributed by atoms with E-state index >= 15 is 0 Å². The Hall–Kier alpha value is -5.35. The molecule has 5 aromatic carbocycles. The molecule has 0 N–H and O–H groups in total. The zero-order chi connectivity index (χ0) is 26.2. The van der Waals surface area contributed by atoms with Crippen molar-refractivity contribution >= 4 is 65.7 Å². The summed E-state index contributed by atoms with van der Waals surface area (Å²) in [4.78, 5) is 4.23. The third-order valence-electron chi connectivity index (χ3n) is 8.14. The number of nitrogens with zero attached hydrogens (tertiary/aromatic N) is 2. The van der Waals surface area contributed by atoms with Crippen LogP contribution in [0.15, 0.2) is 130 Å². The Morgan fingerprint density at radius 3 is 2.33 bits per heavy atom. The lowest BCUT2D eigenvalue weighted by Gasteiger charge is -2.10. The average molecular weight is 515 g/mol. The molecule has 0 bridgehead atoms. The second-order valence-corrected chi connectivity index (χ2v) is 10.4. The van der Waals surface area contributed by atoms with E-state index in [9.17, 15) is 0 Å². The van der Waals surface area contributed by atoms with E-state index in [1.165, 1.54) is 43.7 Å². The molecule has 40 heavy (non-hydrogen) atoms. The van der Waals surface area contributed by atoms with Crippen LogP contribution in [0.25, 0.3) is 71.4 Å². The first kappa shape index (κ1) is 21.6. The fourth-order valence-corrected chi connectivity index (χ4v) is 6.38. The van der Waals surface area contributed by atoms with Crippen molar-refractivity contribution in [2.75, 3.05) is 0 Å². The summed E-state index contributed by atoms with van der Waals surface area (Å²) in [6.07, 6.45) is 4.42. The maximum absolute atomic E-state index is 6.16. The Morgan fingerprint density at radius 2 is 1.35 bits per heavy atom. The normalized spacial score (nSPS) is 12.1. The molecule has 4 nitrogen and oxygen atoms in total. The molecule has 0 aliphatic rings. The van der Waals surface area contributed by atoms with E-state index in [0.29, 0.717) is 0 Å². The fourth-order valence-electron chi connectivity index (χ4n) is 6.38. The molecule has 0 saturated carbocycles. The second kappa shape index (κ2) is 8.08. The largest absolute Gasteiger partial charge is 0.456 e. The van der Waals surface area contributed by atoms with Gasteiger partial charge in [-0.05, 0) is 66.1 Å². The Morgan fingerprint density at radius 1 is 0.550 bits per heavy atom. The van der Waals surface area contributed by atoms with Gasteiger partial charge in [-0.15, -0.1) is 0 Å².